The molecule has 0 aliphatic heterocycles. The summed E-state index contributed by atoms with van der Waals surface area (Å²) in [5.41, 5.74) is 0. The van der Waals surface area contributed by atoms with Crippen LogP contribution < -0.4 is 0 Å². The second kappa shape index (κ2) is 68.8. The van der Waals surface area contributed by atoms with Gasteiger partial charge in [0.25, 0.3) is 0 Å². The maximum atomic E-state index is 12.9. The molecular weight excluding hydrogens is 997 g/mol. The predicted molar refractivity (Wildman–Crippen MR) is 353 cm³/mol. The van der Waals surface area contributed by atoms with Gasteiger partial charge in [-0.3, -0.25) is 14.4 Å². The number of carbonyl (C=O) groups is 3. The Hall–Kier alpha value is -3.67. The highest BCUT2D eigenvalue weighted by molar-refractivity contribution is 5.71. The van der Waals surface area contributed by atoms with Gasteiger partial charge in [-0.05, 0) is 103 Å². The number of ether oxygens (including phenoxy) is 3. The van der Waals surface area contributed by atoms with E-state index >= 15 is 0 Å². The highest BCUT2D eigenvalue weighted by atomic mass is 16.6. The molecule has 466 valence electrons. The molecule has 0 bridgehead atoms. The monoisotopic (exact) mass is 1130 g/mol. The third-order valence-corrected chi connectivity index (χ3v) is 15.1. The molecule has 6 nitrogen and oxygen atoms in total. The van der Waals surface area contributed by atoms with Crippen molar-refractivity contribution >= 4 is 17.9 Å². The molecule has 81 heavy (non-hydrogen) atoms. The van der Waals surface area contributed by atoms with Crippen molar-refractivity contribution in [3.8, 4) is 0 Å². The molecule has 0 amide bonds. The third kappa shape index (κ3) is 67.0. The van der Waals surface area contributed by atoms with Crippen LogP contribution in [-0.4, -0.2) is 37.2 Å². The Morgan fingerprint density at radius 1 is 0.259 bits per heavy atom. The fraction of sp³-hybridized carbons (Fsp3) is 0.747. The molecule has 0 saturated carbocycles. The summed E-state index contributed by atoms with van der Waals surface area (Å²) in [5.74, 6) is -0.880. The molecule has 0 N–H and O–H groups in total. The Bertz CT molecular complexity index is 1580. The molecule has 1 unspecified atom stereocenters. The largest absolute Gasteiger partial charge is 0.462 e. The molecule has 0 aliphatic rings. The van der Waals surface area contributed by atoms with Crippen LogP contribution in [0.15, 0.2) is 97.2 Å². The van der Waals surface area contributed by atoms with Crippen LogP contribution >= 0.6 is 0 Å². The fourth-order valence-electron chi connectivity index (χ4n) is 9.89. The lowest BCUT2D eigenvalue weighted by atomic mass is 10.0. The van der Waals surface area contributed by atoms with Gasteiger partial charge in [-0.1, -0.05) is 317 Å². The van der Waals surface area contributed by atoms with Crippen molar-refractivity contribution in [2.45, 2.75) is 348 Å². The molecule has 0 saturated heterocycles. The maximum absolute atomic E-state index is 12.9. The highest BCUT2D eigenvalue weighted by Gasteiger charge is 2.19. The summed E-state index contributed by atoms with van der Waals surface area (Å²) in [6.45, 7) is 6.46. The van der Waals surface area contributed by atoms with Gasteiger partial charge in [0, 0.05) is 19.3 Å². The minimum absolute atomic E-state index is 0.0756. The van der Waals surface area contributed by atoms with E-state index in [1.807, 2.05) is 0 Å². The third-order valence-electron chi connectivity index (χ3n) is 15.1. The Morgan fingerprint density at radius 3 is 0.753 bits per heavy atom. The average Bonchev–Trinajstić information content (AvgIpc) is 3.47. The van der Waals surface area contributed by atoms with E-state index in [1.165, 1.54) is 193 Å². The molecule has 0 radical (unpaired) electrons. The van der Waals surface area contributed by atoms with Crippen LogP contribution in [0.5, 0.6) is 0 Å². The molecule has 0 fully saturated rings. The van der Waals surface area contributed by atoms with Crippen LogP contribution in [0.4, 0.5) is 0 Å². The van der Waals surface area contributed by atoms with Crippen LogP contribution in [-0.2, 0) is 28.6 Å². The average molecular weight is 1130 g/mol. The van der Waals surface area contributed by atoms with E-state index in [0.717, 1.165) is 109 Å². The van der Waals surface area contributed by atoms with Gasteiger partial charge in [-0.15, -0.1) is 0 Å². The lowest BCUT2D eigenvalue weighted by Gasteiger charge is -2.18. The van der Waals surface area contributed by atoms with Crippen molar-refractivity contribution in [3.63, 3.8) is 0 Å². The number of esters is 3. The number of allylic oxidation sites excluding steroid dienone is 16. The second-order valence-corrected chi connectivity index (χ2v) is 23.1. The number of rotatable bonds is 63. The van der Waals surface area contributed by atoms with E-state index in [0.29, 0.717) is 19.3 Å². The van der Waals surface area contributed by atoms with Gasteiger partial charge in [0.2, 0.25) is 0 Å². The lowest BCUT2D eigenvalue weighted by Crippen LogP contribution is -2.30. The lowest BCUT2D eigenvalue weighted by molar-refractivity contribution is -0.167. The molecule has 0 rings (SSSR count). The van der Waals surface area contributed by atoms with Crippen LogP contribution in [0.1, 0.15) is 342 Å². The van der Waals surface area contributed by atoms with Crippen molar-refractivity contribution in [3.05, 3.63) is 97.2 Å². The first-order valence-electron chi connectivity index (χ1n) is 34.7. The predicted octanol–water partition coefficient (Wildman–Crippen LogP) is 24.0. The summed E-state index contributed by atoms with van der Waals surface area (Å²) < 4.78 is 16.8. The normalized spacial score (nSPS) is 12.7. The SMILES string of the molecule is CC/C=C\C/C=C\C/C=C\C/C=C\C/C=C\CCCCCCCCCCCCCCCCCCCC(=O)OCC(COC(=O)CCCCCCC)OC(=O)CCCCCCCCCCCC/C=C\C/C=C\C/C=C\CCCCCCC. The van der Waals surface area contributed by atoms with Gasteiger partial charge < -0.3 is 14.2 Å². The second-order valence-electron chi connectivity index (χ2n) is 23.1. The molecule has 6 heteroatoms. The van der Waals surface area contributed by atoms with Gasteiger partial charge >= 0.3 is 17.9 Å². The zero-order valence-electron chi connectivity index (χ0n) is 53.5. The van der Waals surface area contributed by atoms with Crippen LogP contribution in [0.25, 0.3) is 0 Å². The van der Waals surface area contributed by atoms with E-state index in [9.17, 15) is 14.4 Å². The molecule has 0 aliphatic carbocycles. The quantitative estimate of drug-likeness (QED) is 0.0261. The van der Waals surface area contributed by atoms with Crippen LogP contribution in [0.3, 0.4) is 0 Å². The molecule has 0 aromatic carbocycles. The van der Waals surface area contributed by atoms with Crippen molar-refractivity contribution in [1.82, 2.24) is 0 Å². The van der Waals surface area contributed by atoms with E-state index in [1.54, 1.807) is 0 Å². The standard InChI is InChI=1S/C75H130O6/c1-4-7-10-13-15-17-19-21-23-25-27-29-31-33-34-35-36-37-38-39-40-42-43-45-47-49-51-53-55-57-59-62-65-68-74(77)80-71-72(70-79-73(76)67-64-61-12-9-6-3)81-75(78)69-66-63-60-58-56-54-52-50-48-46-44-41-32-30-28-26-24-22-20-18-16-14-11-8-5-2/h7,10,15,17,20-23,26-29,32-34,41,72H,4-6,8-9,11-14,16,18-19,24-25,30-31,35-40,42-71H2,1-3H3/b10-7-,17-15-,22-20-,23-21-,28-26-,29-27-,34-33-,41-32-. The summed E-state index contributed by atoms with van der Waals surface area (Å²) in [4.78, 5) is 38.0. The minimum atomic E-state index is -0.775. The van der Waals surface area contributed by atoms with Crippen LogP contribution in [0, 0.1) is 0 Å². The van der Waals surface area contributed by atoms with E-state index in [4.69, 9.17) is 14.2 Å². The van der Waals surface area contributed by atoms with Crippen molar-refractivity contribution < 1.29 is 28.6 Å². The summed E-state index contributed by atoms with van der Waals surface area (Å²) in [5, 5.41) is 0. The number of carbonyl (C=O) groups excluding carboxylic acids is 3. The van der Waals surface area contributed by atoms with Crippen molar-refractivity contribution in [2.24, 2.45) is 0 Å². The topological polar surface area (TPSA) is 78.9 Å². The number of hydrogen-bond acceptors (Lipinski definition) is 6. The maximum Gasteiger partial charge on any atom is 0.306 e. The van der Waals surface area contributed by atoms with Gasteiger partial charge in [0.05, 0.1) is 0 Å². The first-order chi connectivity index (χ1) is 40.0. The Morgan fingerprint density at radius 2 is 0.481 bits per heavy atom. The Labute approximate surface area is 502 Å². The highest BCUT2D eigenvalue weighted by Crippen LogP contribution is 2.17. The van der Waals surface area contributed by atoms with Crippen molar-refractivity contribution in [2.75, 3.05) is 13.2 Å². The zero-order valence-corrected chi connectivity index (χ0v) is 53.5. The van der Waals surface area contributed by atoms with Gasteiger partial charge in [0.1, 0.15) is 13.2 Å². The van der Waals surface area contributed by atoms with Crippen molar-refractivity contribution in [1.29, 1.82) is 0 Å². The molecular formula is C75H130O6. The van der Waals surface area contributed by atoms with Gasteiger partial charge in [0.15, 0.2) is 6.10 Å². The van der Waals surface area contributed by atoms with E-state index in [-0.39, 0.29) is 31.1 Å². The molecule has 0 aromatic rings. The van der Waals surface area contributed by atoms with Gasteiger partial charge in [-0.25, -0.2) is 0 Å². The number of unbranched alkanes of at least 4 members (excludes halogenated alkanes) is 36. The summed E-state index contributed by atoms with van der Waals surface area (Å²) in [7, 11) is 0. The fourth-order valence-corrected chi connectivity index (χ4v) is 9.89. The Kier molecular flexibility index (Phi) is 65.7. The first kappa shape index (κ1) is 77.3. The first-order valence-corrected chi connectivity index (χ1v) is 34.7. The summed E-state index contributed by atoms with van der Waals surface area (Å²) in [6.07, 6.45) is 93.4. The molecule has 0 spiro atoms. The van der Waals surface area contributed by atoms with Crippen LogP contribution in [0.2, 0.25) is 0 Å². The number of hydrogen-bond donors (Lipinski definition) is 0. The van der Waals surface area contributed by atoms with E-state index in [2.05, 4.69) is 118 Å². The zero-order chi connectivity index (χ0) is 58.5. The summed E-state index contributed by atoms with van der Waals surface area (Å²) in [6, 6.07) is 0. The summed E-state index contributed by atoms with van der Waals surface area (Å²) >= 11 is 0. The minimum Gasteiger partial charge on any atom is -0.462 e. The smallest absolute Gasteiger partial charge is 0.306 e. The molecule has 1 atom stereocenters. The Balaban J connectivity index is 3.97. The molecule has 0 heterocycles. The molecule has 0 aromatic heterocycles. The van der Waals surface area contributed by atoms with Gasteiger partial charge in [-0.2, -0.15) is 0 Å². The van der Waals surface area contributed by atoms with E-state index < -0.39 is 6.10 Å².